The predicted octanol–water partition coefficient (Wildman–Crippen LogP) is 4.20. The summed E-state index contributed by atoms with van der Waals surface area (Å²) in [5, 5.41) is 13.5. The first-order valence-electron chi connectivity index (χ1n) is 8.95. The van der Waals surface area contributed by atoms with Gasteiger partial charge in [0.25, 0.3) is 0 Å². The number of anilines is 2. The van der Waals surface area contributed by atoms with Gasteiger partial charge in [-0.2, -0.15) is 5.26 Å². The highest BCUT2D eigenvalue weighted by Crippen LogP contribution is 2.39. The molecular formula is C22H20N4O. The standard InChI is InChI=1S/C22H20N4O/c1-12-5-3-4-6-16(12)17-7-14-9-20(25-11-19(14)21(24)13(17)2)26-22(27)18-8-15(18)10-23/h3-7,9,11,15,18H,8,24H2,1-2H3,(H,25,26,27). The molecule has 2 aromatic carbocycles. The topological polar surface area (TPSA) is 91.8 Å². The van der Waals surface area contributed by atoms with E-state index in [-0.39, 0.29) is 17.7 Å². The Morgan fingerprint density at radius 1 is 1.26 bits per heavy atom. The lowest BCUT2D eigenvalue weighted by molar-refractivity contribution is -0.117. The summed E-state index contributed by atoms with van der Waals surface area (Å²) in [5.41, 5.74) is 11.5. The molecule has 1 amide bonds. The Hall–Kier alpha value is -3.39. The Balaban J connectivity index is 1.75. The van der Waals surface area contributed by atoms with Crippen molar-refractivity contribution < 1.29 is 4.79 Å². The van der Waals surface area contributed by atoms with Crippen LogP contribution in [0.3, 0.4) is 0 Å². The smallest absolute Gasteiger partial charge is 0.230 e. The Morgan fingerprint density at radius 3 is 2.74 bits per heavy atom. The first-order valence-corrected chi connectivity index (χ1v) is 8.95. The van der Waals surface area contributed by atoms with E-state index in [9.17, 15) is 4.79 Å². The lowest BCUT2D eigenvalue weighted by atomic mass is 9.93. The van der Waals surface area contributed by atoms with E-state index >= 15 is 0 Å². The van der Waals surface area contributed by atoms with Crippen molar-refractivity contribution >= 4 is 28.2 Å². The third kappa shape index (κ3) is 3.00. The largest absolute Gasteiger partial charge is 0.398 e. The van der Waals surface area contributed by atoms with E-state index < -0.39 is 0 Å². The number of carbonyl (C=O) groups is 1. The molecule has 27 heavy (non-hydrogen) atoms. The van der Waals surface area contributed by atoms with Gasteiger partial charge in [0.1, 0.15) is 5.82 Å². The highest BCUT2D eigenvalue weighted by Gasteiger charge is 2.43. The molecule has 0 bridgehead atoms. The molecule has 1 saturated carbocycles. The van der Waals surface area contributed by atoms with E-state index in [2.05, 4.69) is 41.5 Å². The summed E-state index contributed by atoms with van der Waals surface area (Å²) in [6.07, 6.45) is 2.32. The van der Waals surface area contributed by atoms with Gasteiger partial charge in [-0.15, -0.1) is 0 Å². The molecule has 1 aliphatic carbocycles. The number of hydrogen-bond acceptors (Lipinski definition) is 4. The van der Waals surface area contributed by atoms with Gasteiger partial charge in [-0.3, -0.25) is 4.79 Å². The number of nitriles is 1. The van der Waals surface area contributed by atoms with Crippen molar-refractivity contribution in [1.82, 2.24) is 4.98 Å². The number of benzene rings is 2. The van der Waals surface area contributed by atoms with Gasteiger partial charge in [0, 0.05) is 17.3 Å². The minimum atomic E-state index is -0.224. The maximum absolute atomic E-state index is 12.2. The maximum atomic E-state index is 12.2. The second-order valence-electron chi connectivity index (χ2n) is 7.14. The molecule has 3 N–H and O–H groups in total. The summed E-state index contributed by atoms with van der Waals surface area (Å²) in [6, 6.07) is 14.3. The van der Waals surface area contributed by atoms with Crippen LogP contribution in [-0.4, -0.2) is 10.9 Å². The molecule has 1 aromatic heterocycles. The molecule has 0 spiro atoms. The molecule has 1 fully saturated rings. The summed E-state index contributed by atoms with van der Waals surface area (Å²) in [6.45, 7) is 4.09. The van der Waals surface area contributed by atoms with Crippen molar-refractivity contribution in [3.05, 3.63) is 53.7 Å². The summed E-state index contributed by atoms with van der Waals surface area (Å²) < 4.78 is 0. The van der Waals surface area contributed by atoms with Crippen molar-refractivity contribution in [3.63, 3.8) is 0 Å². The maximum Gasteiger partial charge on any atom is 0.230 e. The molecule has 3 aromatic rings. The Bertz CT molecular complexity index is 1110. The first-order chi connectivity index (χ1) is 13.0. The molecule has 0 radical (unpaired) electrons. The van der Waals surface area contributed by atoms with Crippen LogP contribution < -0.4 is 11.1 Å². The van der Waals surface area contributed by atoms with E-state index in [4.69, 9.17) is 11.0 Å². The van der Waals surface area contributed by atoms with Gasteiger partial charge in [-0.1, -0.05) is 24.3 Å². The molecule has 1 heterocycles. The van der Waals surface area contributed by atoms with Crippen molar-refractivity contribution in [2.75, 3.05) is 11.1 Å². The van der Waals surface area contributed by atoms with Gasteiger partial charge in [0.2, 0.25) is 5.91 Å². The van der Waals surface area contributed by atoms with Crippen molar-refractivity contribution in [1.29, 1.82) is 5.26 Å². The normalized spacial score (nSPS) is 18.1. The number of rotatable bonds is 3. The molecule has 1 aliphatic rings. The van der Waals surface area contributed by atoms with Crippen molar-refractivity contribution in [2.24, 2.45) is 11.8 Å². The fraction of sp³-hybridized carbons (Fsp3) is 0.227. The quantitative estimate of drug-likeness (QED) is 0.688. The SMILES string of the molecule is Cc1ccccc1-c1cc2cc(NC(=O)C3CC3C#N)ncc2c(N)c1C. The van der Waals surface area contributed by atoms with Crippen molar-refractivity contribution in [3.8, 4) is 17.2 Å². The summed E-state index contributed by atoms with van der Waals surface area (Å²) in [7, 11) is 0. The molecule has 5 heteroatoms. The van der Waals surface area contributed by atoms with Gasteiger partial charge in [0.05, 0.1) is 17.9 Å². The van der Waals surface area contributed by atoms with Crippen LogP contribution in [0.25, 0.3) is 21.9 Å². The highest BCUT2D eigenvalue weighted by molar-refractivity contribution is 6.01. The van der Waals surface area contributed by atoms with E-state index in [0.717, 1.165) is 27.5 Å². The first kappa shape index (κ1) is 17.0. The molecule has 0 saturated heterocycles. The Labute approximate surface area is 157 Å². The van der Waals surface area contributed by atoms with Crippen LogP contribution in [0.4, 0.5) is 11.5 Å². The zero-order valence-electron chi connectivity index (χ0n) is 15.3. The monoisotopic (exact) mass is 356 g/mol. The average Bonchev–Trinajstić information content (AvgIpc) is 3.45. The second kappa shape index (κ2) is 6.40. The highest BCUT2D eigenvalue weighted by atomic mass is 16.2. The molecule has 2 atom stereocenters. The Kier molecular flexibility index (Phi) is 4.04. The molecular weight excluding hydrogens is 336 g/mol. The number of carbonyl (C=O) groups excluding carboxylic acids is 1. The molecule has 4 rings (SSSR count). The zero-order chi connectivity index (χ0) is 19.1. The van der Waals surface area contributed by atoms with Gasteiger partial charge >= 0.3 is 0 Å². The van der Waals surface area contributed by atoms with Crippen LogP contribution in [0, 0.1) is 37.0 Å². The third-order valence-electron chi connectivity index (χ3n) is 5.31. The molecule has 5 nitrogen and oxygen atoms in total. The number of aryl methyl sites for hydroxylation is 1. The number of nitrogens with two attached hydrogens (primary N) is 1. The number of nitrogens with zero attached hydrogens (tertiary/aromatic N) is 2. The second-order valence-corrected chi connectivity index (χ2v) is 7.14. The van der Waals surface area contributed by atoms with Gasteiger partial charge in [0.15, 0.2) is 0 Å². The van der Waals surface area contributed by atoms with Crippen LogP contribution in [0.5, 0.6) is 0 Å². The number of pyridine rings is 1. The lowest BCUT2D eigenvalue weighted by Crippen LogP contribution is -2.15. The minimum Gasteiger partial charge on any atom is -0.398 e. The molecule has 0 aliphatic heterocycles. The van der Waals surface area contributed by atoms with E-state index in [1.165, 1.54) is 5.56 Å². The van der Waals surface area contributed by atoms with Gasteiger partial charge in [-0.05, 0) is 60.0 Å². The number of fused-ring (bicyclic) bond motifs is 1. The van der Waals surface area contributed by atoms with E-state index in [0.29, 0.717) is 17.9 Å². The molecule has 2 unspecified atom stereocenters. The fourth-order valence-electron chi connectivity index (χ4n) is 3.50. The van der Waals surface area contributed by atoms with Gasteiger partial charge < -0.3 is 11.1 Å². The average molecular weight is 356 g/mol. The summed E-state index contributed by atoms with van der Waals surface area (Å²) in [4.78, 5) is 16.5. The number of nitrogen functional groups attached to an aromatic ring is 1. The zero-order valence-corrected chi connectivity index (χ0v) is 15.3. The summed E-state index contributed by atoms with van der Waals surface area (Å²) in [5.74, 6) is -0.0581. The number of nitrogens with one attached hydrogen (secondary N) is 1. The van der Waals surface area contributed by atoms with E-state index in [1.54, 1.807) is 6.20 Å². The number of aromatic nitrogens is 1. The number of amides is 1. The van der Waals surface area contributed by atoms with Crippen LogP contribution >= 0.6 is 0 Å². The number of hydrogen-bond donors (Lipinski definition) is 2. The minimum absolute atomic E-state index is 0.146. The van der Waals surface area contributed by atoms with E-state index in [1.807, 2.05) is 25.1 Å². The van der Waals surface area contributed by atoms with Crippen LogP contribution in [-0.2, 0) is 4.79 Å². The fourth-order valence-corrected chi connectivity index (χ4v) is 3.50. The molecule has 134 valence electrons. The van der Waals surface area contributed by atoms with Crippen LogP contribution in [0.1, 0.15) is 17.5 Å². The third-order valence-corrected chi connectivity index (χ3v) is 5.31. The Morgan fingerprint density at radius 2 is 2.04 bits per heavy atom. The van der Waals surface area contributed by atoms with Crippen LogP contribution in [0.15, 0.2) is 42.6 Å². The summed E-state index contributed by atoms with van der Waals surface area (Å²) >= 11 is 0. The van der Waals surface area contributed by atoms with Gasteiger partial charge in [-0.25, -0.2) is 4.98 Å². The van der Waals surface area contributed by atoms with Crippen LogP contribution in [0.2, 0.25) is 0 Å². The predicted molar refractivity (Wildman–Crippen MR) is 107 cm³/mol. The lowest BCUT2D eigenvalue weighted by Gasteiger charge is -2.15. The van der Waals surface area contributed by atoms with Crippen molar-refractivity contribution in [2.45, 2.75) is 20.3 Å².